The number of rotatable bonds is 6. The molecule has 0 aliphatic carbocycles. The lowest BCUT2D eigenvalue weighted by Crippen LogP contribution is -1.97. The van der Waals surface area contributed by atoms with Gasteiger partial charge in [-0.05, 0) is 53.2 Å². The third kappa shape index (κ3) is 4.25. The average molecular weight is 262 g/mol. The second kappa shape index (κ2) is 6.57. The molecule has 1 heterocycles. The number of halogens is 1. The highest BCUT2D eigenvalue weighted by Crippen LogP contribution is 2.24. The molecule has 74 valence electrons. The SMILES string of the molecule is NCCCCCCc1sccc1Br. The van der Waals surface area contributed by atoms with Crippen LogP contribution in [0.3, 0.4) is 0 Å². The molecule has 0 saturated heterocycles. The van der Waals surface area contributed by atoms with Gasteiger partial charge in [-0.1, -0.05) is 12.8 Å². The van der Waals surface area contributed by atoms with Crippen LogP contribution < -0.4 is 5.73 Å². The van der Waals surface area contributed by atoms with Crippen molar-refractivity contribution in [2.75, 3.05) is 6.54 Å². The van der Waals surface area contributed by atoms with E-state index in [2.05, 4.69) is 27.4 Å². The summed E-state index contributed by atoms with van der Waals surface area (Å²) in [5, 5.41) is 2.14. The van der Waals surface area contributed by atoms with Crippen LogP contribution in [0.2, 0.25) is 0 Å². The quantitative estimate of drug-likeness (QED) is 0.779. The van der Waals surface area contributed by atoms with Crippen molar-refractivity contribution in [1.82, 2.24) is 0 Å². The summed E-state index contributed by atoms with van der Waals surface area (Å²) in [4.78, 5) is 1.48. The Morgan fingerprint density at radius 1 is 1.23 bits per heavy atom. The lowest BCUT2D eigenvalue weighted by atomic mass is 10.1. The van der Waals surface area contributed by atoms with Gasteiger partial charge in [-0.3, -0.25) is 0 Å². The molecule has 0 atom stereocenters. The molecule has 0 bridgehead atoms. The number of hydrogen-bond acceptors (Lipinski definition) is 2. The van der Waals surface area contributed by atoms with Crippen molar-refractivity contribution in [2.45, 2.75) is 32.1 Å². The molecule has 2 N–H and O–H groups in total. The molecule has 3 heteroatoms. The Kier molecular flexibility index (Phi) is 5.67. The van der Waals surface area contributed by atoms with E-state index in [1.165, 1.54) is 41.5 Å². The first-order chi connectivity index (χ1) is 6.34. The van der Waals surface area contributed by atoms with Gasteiger partial charge in [0.1, 0.15) is 0 Å². The maximum absolute atomic E-state index is 5.42. The second-order valence-electron chi connectivity index (χ2n) is 3.14. The summed E-state index contributed by atoms with van der Waals surface area (Å²) in [6, 6.07) is 2.12. The summed E-state index contributed by atoms with van der Waals surface area (Å²) in [6.45, 7) is 0.836. The normalized spacial score (nSPS) is 10.6. The molecule has 0 unspecified atom stereocenters. The minimum Gasteiger partial charge on any atom is -0.330 e. The average Bonchev–Trinajstić information content (AvgIpc) is 2.52. The van der Waals surface area contributed by atoms with Gasteiger partial charge in [0.05, 0.1) is 0 Å². The topological polar surface area (TPSA) is 26.0 Å². The summed E-state index contributed by atoms with van der Waals surface area (Å²) in [5.41, 5.74) is 5.42. The zero-order valence-corrected chi connectivity index (χ0v) is 10.2. The maximum atomic E-state index is 5.42. The number of aryl methyl sites for hydroxylation is 1. The van der Waals surface area contributed by atoms with Crippen LogP contribution in [0.4, 0.5) is 0 Å². The first kappa shape index (κ1) is 11.2. The number of nitrogens with two attached hydrogens (primary N) is 1. The van der Waals surface area contributed by atoms with E-state index >= 15 is 0 Å². The molecule has 0 amide bonds. The molecule has 0 radical (unpaired) electrons. The summed E-state index contributed by atoms with van der Waals surface area (Å²) in [6.07, 6.45) is 6.26. The Balaban J connectivity index is 2.10. The molecular weight excluding hydrogens is 246 g/mol. The van der Waals surface area contributed by atoms with Gasteiger partial charge in [0, 0.05) is 9.35 Å². The van der Waals surface area contributed by atoms with Crippen molar-refractivity contribution < 1.29 is 0 Å². The Labute approximate surface area is 92.5 Å². The number of hydrogen-bond donors (Lipinski definition) is 1. The zero-order valence-electron chi connectivity index (χ0n) is 7.76. The van der Waals surface area contributed by atoms with Crippen LogP contribution in [-0.4, -0.2) is 6.54 Å². The first-order valence-electron chi connectivity index (χ1n) is 4.76. The molecule has 0 fully saturated rings. The minimum atomic E-state index is 0.836. The van der Waals surface area contributed by atoms with Crippen molar-refractivity contribution in [1.29, 1.82) is 0 Å². The van der Waals surface area contributed by atoms with Gasteiger partial charge in [-0.25, -0.2) is 0 Å². The fraction of sp³-hybridized carbons (Fsp3) is 0.600. The fourth-order valence-electron chi connectivity index (χ4n) is 1.29. The second-order valence-corrected chi connectivity index (χ2v) is 5.00. The monoisotopic (exact) mass is 261 g/mol. The van der Waals surface area contributed by atoms with Crippen LogP contribution in [0.1, 0.15) is 30.6 Å². The molecule has 1 rings (SSSR count). The summed E-state index contributed by atoms with van der Waals surface area (Å²) in [7, 11) is 0. The van der Waals surface area contributed by atoms with Gasteiger partial charge >= 0.3 is 0 Å². The van der Waals surface area contributed by atoms with Crippen LogP contribution in [0.25, 0.3) is 0 Å². The van der Waals surface area contributed by atoms with Gasteiger partial charge in [0.15, 0.2) is 0 Å². The summed E-state index contributed by atoms with van der Waals surface area (Å²) >= 11 is 5.38. The lowest BCUT2D eigenvalue weighted by Gasteiger charge is -1.99. The third-order valence-corrected chi connectivity index (χ3v) is 4.04. The molecule has 0 saturated carbocycles. The minimum absolute atomic E-state index is 0.836. The van der Waals surface area contributed by atoms with Crippen LogP contribution >= 0.6 is 27.3 Å². The smallest absolute Gasteiger partial charge is 0.0314 e. The summed E-state index contributed by atoms with van der Waals surface area (Å²) in [5.74, 6) is 0. The zero-order chi connectivity index (χ0) is 9.52. The molecule has 13 heavy (non-hydrogen) atoms. The molecule has 0 aliphatic rings. The van der Waals surface area contributed by atoms with E-state index in [0.717, 1.165) is 6.54 Å². The largest absolute Gasteiger partial charge is 0.330 e. The van der Waals surface area contributed by atoms with Crippen molar-refractivity contribution in [2.24, 2.45) is 5.73 Å². The van der Waals surface area contributed by atoms with Crippen LogP contribution in [0.15, 0.2) is 15.9 Å². The predicted octanol–water partition coefficient (Wildman–Crippen LogP) is 3.57. The van der Waals surface area contributed by atoms with E-state index in [-0.39, 0.29) is 0 Å². The Bertz CT molecular complexity index is 235. The summed E-state index contributed by atoms with van der Waals surface area (Å²) < 4.78 is 1.27. The van der Waals surface area contributed by atoms with Crippen molar-refractivity contribution >= 4 is 27.3 Å². The van der Waals surface area contributed by atoms with E-state index in [4.69, 9.17) is 5.73 Å². The van der Waals surface area contributed by atoms with E-state index < -0.39 is 0 Å². The first-order valence-corrected chi connectivity index (χ1v) is 6.44. The fourth-order valence-corrected chi connectivity index (χ4v) is 2.88. The molecule has 1 nitrogen and oxygen atoms in total. The Hall–Kier alpha value is 0.140. The van der Waals surface area contributed by atoms with Crippen LogP contribution in [0.5, 0.6) is 0 Å². The third-order valence-electron chi connectivity index (χ3n) is 2.05. The number of unbranched alkanes of at least 4 members (excludes halogenated alkanes) is 3. The van der Waals surface area contributed by atoms with Gasteiger partial charge in [0.2, 0.25) is 0 Å². The highest BCUT2D eigenvalue weighted by atomic mass is 79.9. The standard InChI is InChI=1S/C10H16BrNS/c11-9-6-8-13-10(9)5-3-1-2-4-7-12/h6,8H,1-5,7,12H2. The van der Waals surface area contributed by atoms with Gasteiger partial charge < -0.3 is 5.73 Å². The van der Waals surface area contributed by atoms with Gasteiger partial charge in [-0.2, -0.15) is 0 Å². The van der Waals surface area contributed by atoms with Gasteiger partial charge in [0.25, 0.3) is 0 Å². The molecule has 1 aromatic heterocycles. The van der Waals surface area contributed by atoms with Crippen LogP contribution in [0, 0.1) is 0 Å². The molecule has 0 spiro atoms. The van der Waals surface area contributed by atoms with Crippen molar-refractivity contribution in [3.05, 3.63) is 20.8 Å². The molecule has 0 aromatic carbocycles. The van der Waals surface area contributed by atoms with Gasteiger partial charge in [-0.15, -0.1) is 11.3 Å². The van der Waals surface area contributed by atoms with E-state index in [0.29, 0.717) is 0 Å². The highest BCUT2D eigenvalue weighted by Gasteiger charge is 1.99. The van der Waals surface area contributed by atoms with Crippen LogP contribution in [-0.2, 0) is 6.42 Å². The van der Waals surface area contributed by atoms with E-state index in [1.54, 1.807) is 0 Å². The Morgan fingerprint density at radius 2 is 2.00 bits per heavy atom. The predicted molar refractivity (Wildman–Crippen MR) is 63.2 cm³/mol. The van der Waals surface area contributed by atoms with E-state index in [1.807, 2.05) is 11.3 Å². The maximum Gasteiger partial charge on any atom is 0.0314 e. The van der Waals surface area contributed by atoms with Crippen molar-refractivity contribution in [3.8, 4) is 0 Å². The molecule has 0 aliphatic heterocycles. The Morgan fingerprint density at radius 3 is 2.62 bits per heavy atom. The number of thiophene rings is 1. The van der Waals surface area contributed by atoms with Crippen molar-refractivity contribution in [3.63, 3.8) is 0 Å². The molecule has 1 aromatic rings. The molecular formula is C10H16BrNS. The lowest BCUT2D eigenvalue weighted by molar-refractivity contribution is 0.649. The van der Waals surface area contributed by atoms with E-state index in [9.17, 15) is 0 Å². The highest BCUT2D eigenvalue weighted by molar-refractivity contribution is 9.10.